The molecule has 4 rings (SSSR count). The highest BCUT2D eigenvalue weighted by Crippen LogP contribution is 2.29. The second-order valence-corrected chi connectivity index (χ2v) is 8.35. The quantitative estimate of drug-likeness (QED) is 0.376. The number of nitro benzene ring substituents is 1. The standard InChI is InChI=1S/C23H22ClN3O4/c24-20-11-3-15(13-21(20)27(30)31)4-12-22(28)26(19-9-10-19)14-16-1-5-17(6-2-16)23(29)25-18-7-8-18/h1-6,11-13,18-19H,7-10,14H2,(H,25,29). The van der Waals surface area contributed by atoms with Gasteiger partial charge in [-0.25, -0.2) is 0 Å². The minimum atomic E-state index is -0.549. The molecule has 2 fully saturated rings. The van der Waals surface area contributed by atoms with E-state index in [1.165, 1.54) is 18.2 Å². The maximum atomic E-state index is 12.8. The molecule has 2 aromatic rings. The van der Waals surface area contributed by atoms with Gasteiger partial charge in [0.2, 0.25) is 5.91 Å². The molecular weight excluding hydrogens is 418 g/mol. The first-order chi connectivity index (χ1) is 14.9. The fourth-order valence-electron chi connectivity index (χ4n) is 3.26. The van der Waals surface area contributed by atoms with Crippen molar-refractivity contribution in [2.24, 2.45) is 0 Å². The number of amides is 2. The molecule has 0 saturated heterocycles. The van der Waals surface area contributed by atoms with Crippen molar-refractivity contribution in [2.45, 2.75) is 44.3 Å². The van der Waals surface area contributed by atoms with Crippen LogP contribution < -0.4 is 5.32 Å². The third-order valence-electron chi connectivity index (χ3n) is 5.34. The van der Waals surface area contributed by atoms with Crippen molar-refractivity contribution >= 4 is 35.2 Å². The molecule has 0 heterocycles. The summed E-state index contributed by atoms with van der Waals surface area (Å²) in [6.07, 6.45) is 6.98. The molecule has 0 unspecified atom stereocenters. The van der Waals surface area contributed by atoms with Gasteiger partial charge in [-0.2, -0.15) is 0 Å². The van der Waals surface area contributed by atoms with E-state index in [2.05, 4.69) is 5.32 Å². The lowest BCUT2D eigenvalue weighted by molar-refractivity contribution is -0.384. The molecular formula is C23H22ClN3O4. The molecule has 2 aliphatic carbocycles. The van der Waals surface area contributed by atoms with Crippen molar-refractivity contribution in [1.29, 1.82) is 0 Å². The lowest BCUT2D eigenvalue weighted by Crippen LogP contribution is -2.31. The van der Waals surface area contributed by atoms with Crippen LogP contribution in [0, 0.1) is 10.1 Å². The first kappa shape index (κ1) is 21.1. The summed E-state index contributed by atoms with van der Waals surface area (Å²) in [5, 5.41) is 14.1. The van der Waals surface area contributed by atoms with Crippen LogP contribution in [0.25, 0.3) is 6.08 Å². The Morgan fingerprint density at radius 3 is 2.45 bits per heavy atom. The number of hydrogen-bond donors (Lipinski definition) is 1. The van der Waals surface area contributed by atoms with Gasteiger partial charge in [-0.1, -0.05) is 29.8 Å². The number of rotatable bonds is 8. The molecule has 0 aromatic heterocycles. The van der Waals surface area contributed by atoms with Gasteiger partial charge in [0, 0.05) is 36.3 Å². The van der Waals surface area contributed by atoms with E-state index in [-0.39, 0.29) is 28.6 Å². The first-order valence-corrected chi connectivity index (χ1v) is 10.6. The minimum absolute atomic E-state index is 0.0577. The highest BCUT2D eigenvalue weighted by molar-refractivity contribution is 6.32. The van der Waals surface area contributed by atoms with Crippen LogP contribution in [-0.2, 0) is 11.3 Å². The van der Waals surface area contributed by atoms with Gasteiger partial charge in [-0.05, 0) is 61.1 Å². The number of nitrogens with one attached hydrogen (secondary N) is 1. The number of nitro groups is 1. The van der Waals surface area contributed by atoms with Crippen LogP contribution in [0.4, 0.5) is 5.69 Å². The maximum Gasteiger partial charge on any atom is 0.288 e. The summed E-state index contributed by atoms with van der Waals surface area (Å²) in [5.41, 5.74) is 1.90. The summed E-state index contributed by atoms with van der Waals surface area (Å²) < 4.78 is 0. The Balaban J connectivity index is 1.42. The average molecular weight is 440 g/mol. The Hall–Kier alpha value is -3.19. The number of benzene rings is 2. The number of carbonyl (C=O) groups excluding carboxylic acids is 2. The summed E-state index contributed by atoms with van der Waals surface area (Å²) in [6, 6.07) is 12.2. The van der Waals surface area contributed by atoms with Crippen molar-refractivity contribution < 1.29 is 14.5 Å². The van der Waals surface area contributed by atoms with Crippen LogP contribution in [-0.4, -0.2) is 33.7 Å². The molecule has 0 atom stereocenters. The van der Waals surface area contributed by atoms with E-state index < -0.39 is 4.92 Å². The van der Waals surface area contributed by atoms with E-state index in [0.29, 0.717) is 23.7 Å². The largest absolute Gasteiger partial charge is 0.349 e. The lowest BCUT2D eigenvalue weighted by Gasteiger charge is -2.21. The fourth-order valence-corrected chi connectivity index (χ4v) is 3.45. The van der Waals surface area contributed by atoms with E-state index in [9.17, 15) is 19.7 Å². The highest BCUT2D eigenvalue weighted by atomic mass is 35.5. The molecule has 0 aliphatic heterocycles. The molecule has 1 N–H and O–H groups in total. The Bertz CT molecular complexity index is 1040. The zero-order chi connectivity index (χ0) is 22.0. The Kier molecular flexibility index (Phi) is 6.04. The first-order valence-electron chi connectivity index (χ1n) is 10.2. The smallest absolute Gasteiger partial charge is 0.288 e. The van der Waals surface area contributed by atoms with Crippen molar-refractivity contribution in [3.05, 3.63) is 80.4 Å². The molecule has 2 aliphatic rings. The molecule has 7 nitrogen and oxygen atoms in total. The summed E-state index contributed by atoms with van der Waals surface area (Å²) in [5.74, 6) is -0.222. The van der Waals surface area contributed by atoms with E-state index in [1.54, 1.807) is 29.2 Å². The SMILES string of the molecule is O=C(NC1CC1)c1ccc(CN(C(=O)C=Cc2ccc(Cl)c([N+](=O)[O-])c2)C2CC2)cc1. The van der Waals surface area contributed by atoms with Crippen LogP contribution in [0.5, 0.6) is 0 Å². The van der Waals surface area contributed by atoms with Gasteiger partial charge in [0.1, 0.15) is 5.02 Å². The van der Waals surface area contributed by atoms with Crippen molar-refractivity contribution in [2.75, 3.05) is 0 Å². The summed E-state index contributed by atoms with van der Waals surface area (Å²) in [4.78, 5) is 37.2. The summed E-state index contributed by atoms with van der Waals surface area (Å²) in [7, 11) is 0. The monoisotopic (exact) mass is 439 g/mol. The second kappa shape index (κ2) is 8.89. The molecule has 2 amide bonds. The predicted octanol–water partition coefficient (Wildman–Crippen LogP) is 4.34. The Morgan fingerprint density at radius 1 is 1.13 bits per heavy atom. The molecule has 2 saturated carbocycles. The zero-order valence-electron chi connectivity index (χ0n) is 16.8. The normalized spacial score (nSPS) is 15.6. The van der Waals surface area contributed by atoms with Crippen LogP contribution in [0.1, 0.15) is 47.2 Å². The highest BCUT2D eigenvalue weighted by Gasteiger charge is 2.31. The van der Waals surface area contributed by atoms with Crippen LogP contribution in [0.15, 0.2) is 48.5 Å². The Labute approximate surface area is 184 Å². The van der Waals surface area contributed by atoms with Gasteiger partial charge in [-0.15, -0.1) is 0 Å². The van der Waals surface area contributed by atoms with Crippen molar-refractivity contribution in [3.8, 4) is 0 Å². The number of carbonyl (C=O) groups is 2. The van der Waals surface area contributed by atoms with Crippen molar-refractivity contribution in [1.82, 2.24) is 10.2 Å². The van der Waals surface area contributed by atoms with Gasteiger partial charge < -0.3 is 10.2 Å². The van der Waals surface area contributed by atoms with E-state index >= 15 is 0 Å². The van der Waals surface area contributed by atoms with Gasteiger partial charge in [0.25, 0.3) is 11.6 Å². The predicted molar refractivity (Wildman–Crippen MR) is 118 cm³/mol. The molecule has 2 aromatic carbocycles. The number of hydrogen-bond acceptors (Lipinski definition) is 4. The third-order valence-corrected chi connectivity index (χ3v) is 5.66. The zero-order valence-corrected chi connectivity index (χ0v) is 17.5. The Morgan fingerprint density at radius 2 is 1.84 bits per heavy atom. The van der Waals surface area contributed by atoms with Gasteiger partial charge >= 0.3 is 0 Å². The van der Waals surface area contributed by atoms with Crippen molar-refractivity contribution in [3.63, 3.8) is 0 Å². The maximum absolute atomic E-state index is 12.8. The fraction of sp³-hybridized carbons (Fsp3) is 0.304. The van der Waals surface area contributed by atoms with E-state index in [0.717, 1.165) is 31.2 Å². The van der Waals surface area contributed by atoms with Gasteiger partial charge in [0.15, 0.2) is 0 Å². The molecule has 0 radical (unpaired) electrons. The van der Waals surface area contributed by atoms with Crippen LogP contribution in [0.3, 0.4) is 0 Å². The minimum Gasteiger partial charge on any atom is -0.349 e. The molecule has 31 heavy (non-hydrogen) atoms. The van der Waals surface area contributed by atoms with E-state index in [1.807, 2.05) is 12.1 Å². The molecule has 8 heteroatoms. The van der Waals surface area contributed by atoms with Gasteiger partial charge in [0.05, 0.1) is 4.92 Å². The number of nitrogens with zero attached hydrogens (tertiary/aromatic N) is 2. The average Bonchev–Trinajstić information content (AvgIpc) is 3.66. The molecule has 0 bridgehead atoms. The summed E-state index contributed by atoms with van der Waals surface area (Å²) in [6.45, 7) is 0.444. The van der Waals surface area contributed by atoms with Crippen LogP contribution in [0.2, 0.25) is 5.02 Å². The molecule has 160 valence electrons. The second-order valence-electron chi connectivity index (χ2n) is 7.94. The lowest BCUT2D eigenvalue weighted by atomic mass is 10.1. The number of halogens is 1. The topological polar surface area (TPSA) is 92.6 Å². The third kappa shape index (κ3) is 5.49. The molecule has 0 spiro atoms. The van der Waals surface area contributed by atoms with Crippen LogP contribution >= 0.6 is 11.6 Å². The van der Waals surface area contributed by atoms with Gasteiger partial charge in [-0.3, -0.25) is 19.7 Å². The van der Waals surface area contributed by atoms with E-state index in [4.69, 9.17) is 11.6 Å². The summed E-state index contributed by atoms with van der Waals surface area (Å²) >= 11 is 5.84.